The number of likely N-dealkylation sites (N-methyl/N-ethyl adjacent to an activating group) is 1. The predicted molar refractivity (Wildman–Crippen MR) is 80.2 cm³/mol. The molecular weight excluding hydrogens is 251 g/mol. The molecule has 0 fully saturated rings. The predicted octanol–water partition coefficient (Wildman–Crippen LogP) is 3.73. The molecular formula is C17H21FN2. The smallest absolute Gasteiger partial charge is 0.128 e. The maximum absolute atomic E-state index is 14.3. The zero-order chi connectivity index (χ0) is 14.5. The van der Waals surface area contributed by atoms with Crippen LogP contribution in [0.25, 0.3) is 0 Å². The molecule has 2 nitrogen and oxygen atoms in total. The van der Waals surface area contributed by atoms with Crippen LogP contribution in [0, 0.1) is 19.7 Å². The van der Waals surface area contributed by atoms with Gasteiger partial charge in [0.05, 0.1) is 0 Å². The zero-order valence-electron chi connectivity index (χ0n) is 12.3. The number of halogens is 1. The second-order valence-corrected chi connectivity index (χ2v) is 5.15. The van der Waals surface area contributed by atoms with Crippen LogP contribution in [0.3, 0.4) is 0 Å². The van der Waals surface area contributed by atoms with Gasteiger partial charge in [-0.2, -0.15) is 0 Å². The minimum atomic E-state index is -0.127. The van der Waals surface area contributed by atoms with E-state index in [1.54, 1.807) is 12.3 Å². The zero-order valence-corrected chi connectivity index (χ0v) is 12.3. The van der Waals surface area contributed by atoms with Gasteiger partial charge in [-0.3, -0.25) is 4.98 Å². The Hall–Kier alpha value is -1.74. The van der Waals surface area contributed by atoms with Crippen LogP contribution in [0.1, 0.15) is 35.2 Å². The molecule has 2 rings (SSSR count). The summed E-state index contributed by atoms with van der Waals surface area (Å²) >= 11 is 0. The largest absolute Gasteiger partial charge is 0.310 e. The topological polar surface area (TPSA) is 24.9 Å². The summed E-state index contributed by atoms with van der Waals surface area (Å²) in [6.07, 6.45) is 4.33. The Bertz CT molecular complexity index is 543. The first kappa shape index (κ1) is 14.7. The molecule has 1 heterocycles. The first-order valence-electron chi connectivity index (χ1n) is 7.00. The fourth-order valence-corrected chi connectivity index (χ4v) is 2.65. The van der Waals surface area contributed by atoms with Crippen LogP contribution in [0.2, 0.25) is 0 Å². The Morgan fingerprint density at radius 2 is 2.10 bits per heavy atom. The van der Waals surface area contributed by atoms with Gasteiger partial charge in [-0.25, -0.2) is 4.39 Å². The summed E-state index contributed by atoms with van der Waals surface area (Å²) in [6.45, 7) is 6.73. The van der Waals surface area contributed by atoms with Crippen molar-refractivity contribution in [3.8, 4) is 0 Å². The van der Waals surface area contributed by atoms with E-state index in [0.717, 1.165) is 35.2 Å². The number of hydrogen-bond acceptors (Lipinski definition) is 2. The maximum Gasteiger partial charge on any atom is 0.128 e. The summed E-state index contributed by atoms with van der Waals surface area (Å²) in [5, 5.41) is 3.38. The molecule has 0 saturated heterocycles. The number of nitrogens with zero attached hydrogens (tertiary/aromatic N) is 1. The van der Waals surface area contributed by atoms with Crippen LogP contribution >= 0.6 is 0 Å². The third-order valence-electron chi connectivity index (χ3n) is 3.44. The van der Waals surface area contributed by atoms with E-state index in [1.807, 2.05) is 45.2 Å². The van der Waals surface area contributed by atoms with Crippen LogP contribution in [0.15, 0.2) is 36.7 Å². The highest BCUT2D eigenvalue weighted by Gasteiger charge is 2.18. The molecule has 0 amide bonds. The molecule has 1 N–H and O–H groups in total. The first-order valence-corrected chi connectivity index (χ1v) is 7.00. The van der Waals surface area contributed by atoms with E-state index in [2.05, 4.69) is 10.3 Å². The first-order chi connectivity index (χ1) is 9.61. The summed E-state index contributed by atoms with van der Waals surface area (Å²) in [4.78, 5) is 4.13. The van der Waals surface area contributed by atoms with Crippen LogP contribution in [-0.4, -0.2) is 11.5 Å². The molecule has 2 aromatic rings. The molecule has 3 heteroatoms. The highest BCUT2D eigenvalue weighted by molar-refractivity contribution is 5.35. The van der Waals surface area contributed by atoms with Crippen molar-refractivity contribution in [2.75, 3.05) is 6.54 Å². The highest BCUT2D eigenvalue weighted by atomic mass is 19.1. The van der Waals surface area contributed by atoms with Gasteiger partial charge in [0.2, 0.25) is 0 Å². The minimum absolute atomic E-state index is 0.0233. The van der Waals surface area contributed by atoms with Crippen molar-refractivity contribution in [2.24, 2.45) is 0 Å². The molecule has 1 aromatic heterocycles. The molecule has 0 aliphatic rings. The third kappa shape index (κ3) is 3.42. The van der Waals surface area contributed by atoms with Crippen molar-refractivity contribution >= 4 is 0 Å². The van der Waals surface area contributed by atoms with Gasteiger partial charge >= 0.3 is 0 Å². The third-order valence-corrected chi connectivity index (χ3v) is 3.44. The molecule has 20 heavy (non-hydrogen) atoms. The van der Waals surface area contributed by atoms with Crippen molar-refractivity contribution in [1.29, 1.82) is 0 Å². The fourth-order valence-electron chi connectivity index (χ4n) is 2.65. The standard InChI is InChI=1S/C17H21FN2/c1-4-20-16(10-14-6-5-7-19-11-14)17-13(3)8-12(2)9-15(17)18/h5-9,11,16,20H,4,10H2,1-3H3. The van der Waals surface area contributed by atoms with Crippen molar-refractivity contribution in [1.82, 2.24) is 10.3 Å². The van der Waals surface area contributed by atoms with Crippen LogP contribution in [-0.2, 0) is 6.42 Å². The molecule has 1 unspecified atom stereocenters. The number of rotatable bonds is 5. The van der Waals surface area contributed by atoms with E-state index >= 15 is 0 Å². The van der Waals surface area contributed by atoms with Crippen LogP contribution in [0.4, 0.5) is 4.39 Å². The van der Waals surface area contributed by atoms with Crippen molar-refractivity contribution in [3.63, 3.8) is 0 Å². The number of benzene rings is 1. The average Bonchev–Trinajstić information content (AvgIpc) is 2.39. The lowest BCUT2D eigenvalue weighted by Gasteiger charge is -2.21. The van der Waals surface area contributed by atoms with Gasteiger partial charge in [-0.05, 0) is 55.6 Å². The van der Waals surface area contributed by atoms with E-state index in [0.29, 0.717) is 0 Å². The van der Waals surface area contributed by atoms with E-state index < -0.39 is 0 Å². The van der Waals surface area contributed by atoms with Crippen LogP contribution in [0.5, 0.6) is 0 Å². The van der Waals surface area contributed by atoms with Gasteiger partial charge in [-0.1, -0.05) is 19.1 Å². The highest BCUT2D eigenvalue weighted by Crippen LogP contribution is 2.25. The Labute approximate surface area is 120 Å². The average molecular weight is 272 g/mol. The molecule has 0 bridgehead atoms. The van der Waals surface area contributed by atoms with Gasteiger partial charge in [0.15, 0.2) is 0 Å². The fraction of sp³-hybridized carbons (Fsp3) is 0.353. The molecule has 1 atom stereocenters. The van der Waals surface area contributed by atoms with Gasteiger partial charge < -0.3 is 5.32 Å². The lowest BCUT2D eigenvalue weighted by Crippen LogP contribution is -2.25. The Balaban J connectivity index is 2.34. The molecule has 0 aliphatic heterocycles. The van der Waals surface area contributed by atoms with Crippen molar-refractivity contribution in [2.45, 2.75) is 33.2 Å². The molecule has 0 spiro atoms. The van der Waals surface area contributed by atoms with Gasteiger partial charge in [-0.15, -0.1) is 0 Å². The summed E-state index contributed by atoms with van der Waals surface area (Å²) in [5.41, 5.74) is 3.83. The quantitative estimate of drug-likeness (QED) is 0.897. The normalized spacial score (nSPS) is 12.4. The van der Waals surface area contributed by atoms with E-state index in [4.69, 9.17) is 0 Å². The molecule has 0 radical (unpaired) electrons. The Morgan fingerprint density at radius 3 is 2.70 bits per heavy atom. The second kappa shape index (κ2) is 6.62. The van der Waals surface area contributed by atoms with Gasteiger partial charge in [0, 0.05) is 24.0 Å². The molecule has 106 valence electrons. The molecule has 0 saturated carbocycles. The molecule has 0 aliphatic carbocycles. The lowest BCUT2D eigenvalue weighted by molar-refractivity contribution is 0.506. The summed E-state index contributed by atoms with van der Waals surface area (Å²) in [6, 6.07) is 7.56. The van der Waals surface area contributed by atoms with Crippen molar-refractivity contribution in [3.05, 3.63) is 64.7 Å². The minimum Gasteiger partial charge on any atom is -0.310 e. The summed E-state index contributed by atoms with van der Waals surface area (Å²) < 4.78 is 14.3. The Morgan fingerprint density at radius 1 is 1.30 bits per heavy atom. The molecule has 1 aromatic carbocycles. The van der Waals surface area contributed by atoms with Crippen LogP contribution < -0.4 is 5.32 Å². The summed E-state index contributed by atoms with van der Waals surface area (Å²) in [5.74, 6) is -0.127. The van der Waals surface area contributed by atoms with E-state index in [-0.39, 0.29) is 11.9 Å². The van der Waals surface area contributed by atoms with Gasteiger partial charge in [0.25, 0.3) is 0 Å². The number of aryl methyl sites for hydroxylation is 2. The van der Waals surface area contributed by atoms with Crippen molar-refractivity contribution < 1.29 is 4.39 Å². The maximum atomic E-state index is 14.3. The lowest BCUT2D eigenvalue weighted by atomic mass is 9.94. The number of pyridine rings is 1. The number of nitrogens with one attached hydrogen (secondary N) is 1. The monoisotopic (exact) mass is 272 g/mol. The van der Waals surface area contributed by atoms with E-state index in [1.165, 1.54) is 0 Å². The van der Waals surface area contributed by atoms with Gasteiger partial charge in [0.1, 0.15) is 5.82 Å². The summed E-state index contributed by atoms with van der Waals surface area (Å²) in [7, 11) is 0. The second-order valence-electron chi connectivity index (χ2n) is 5.15. The SMILES string of the molecule is CCNC(Cc1cccnc1)c1c(C)cc(C)cc1F. The number of hydrogen-bond donors (Lipinski definition) is 1. The van der Waals surface area contributed by atoms with E-state index in [9.17, 15) is 4.39 Å². The Kier molecular flexibility index (Phi) is 4.85. The number of aromatic nitrogens is 1.